The van der Waals surface area contributed by atoms with Crippen molar-refractivity contribution in [3.8, 4) is 0 Å². The molecule has 100 valence electrons. The van der Waals surface area contributed by atoms with Gasteiger partial charge in [-0.25, -0.2) is 0 Å². The van der Waals surface area contributed by atoms with Gasteiger partial charge in [0.2, 0.25) is 0 Å². The van der Waals surface area contributed by atoms with Crippen molar-refractivity contribution in [2.45, 2.75) is 32.4 Å². The number of hydrogen-bond donors (Lipinski definition) is 1. The smallest absolute Gasteiger partial charge is 0.0410 e. The number of hydrogen-bond acceptors (Lipinski definition) is 2. The van der Waals surface area contributed by atoms with Gasteiger partial charge in [0.15, 0.2) is 0 Å². The van der Waals surface area contributed by atoms with Gasteiger partial charge in [-0.1, -0.05) is 34.5 Å². The molecule has 2 nitrogen and oxygen atoms in total. The lowest BCUT2D eigenvalue weighted by molar-refractivity contribution is 0.277. The first-order valence-corrected chi connectivity index (χ1v) is 7.76. The van der Waals surface area contributed by atoms with E-state index in [0.29, 0.717) is 0 Å². The Labute approximate surface area is 123 Å². The maximum atomic E-state index is 6.00. The highest BCUT2D eigenvalue weighted by atomic mass is 79.9. The van der Waals surface area contributed by atoms with Crippen molar-refractivity contribution in [3.05, 3.63) is 33.3 Å². The fourth-order valence-corrected chi connectivity index (χ4v) is 2.74. The molecular formula is C14H20BrClN2. The summed E-state index contributed by atoms with van der Waals surface area (Å²) in [5.74, 6) is 0. The lowest BCUT2D eigenvalue weighted by atomic mass is 10.2. The minimum absolute atomic E-state index is 0.795. The van der Waals surface area contributed by atoms with Crippen molar-refractivity contribution < 1.29 is 0 Å². The molecule has 0 heterocycles. The summed E-state index contributed by atoms with van der Waals surface area (Å²) in [6.07, 6.45) is 2.77. The molecule has 0 saturated heterocycles. The summed E-state index contributed by atoms with van der Waals surface area (Å²) in [4.78, 5) is 2.56. The SMILES string of the molecule is CCN(CCNCc1cc(Cl)ccc1Br)C1CC1. The van der Waals surface area contributed by atoms with Crippen molar-refractivity contribution in [2.75, 3.05) is 19.6 Å². The Morgan fingerprint density at radius 1 is 1.44 bits per heavy atom. The van der Waals surface area contributed by atoms with Crippen LogP contribution in [0.3, 0.4) is 0 Å². The first-order valence-electron chi connectivity index (χ1n) is 6.59. The van der Waals surface area contributed by atoms with Crippen molar-refractivity contribution in [3.63, 3.8) is 0 Å². The van der Waals surface area contributed by atoms with Crippen LogP contribution in [0, 0.1) is 0 Å². The molecule has 2 rings (SSSR count). The average molecular weight is 332 g/mol. The summed E-state index contributed by atoms with van der Waals surface area (Å²) in [6.45, 7) is 6.44. The molecule has 1 aromatic carbocycles. The highest BCUT2D eigenvalue weighted by Gasteiger charge is 2.26. The number of nitrogens with one attached hydrogen (secondary N) is 1. The lowest BCUT2D eigenvalue weighted by Crippen LogP contribution is -2.33. The monoisotopic (exact) mass is 330 g/mol. The van der Waals surface area contributed by atoms with Crippen molar-refractivity contribution in [1.82, 2.24) is 10.2 Å². The Kier molecular flexibility index (Phi) is 5.49. The van der Waals surface area contributed by atoms with Gasteiger partial charge >= 0.3 is 0 Å². The van der Waals surface area contributed by atoms with Crippen LogP contribution in [0.5, 0.6) is 0 Å². The maximum Gasteiger partial charge on any atom is 0.0410 e. The minimum atomic E-state index is 0.795. The Balaban J connectivity index is 1.72. The van der Waals surface area contributed by atoms with E-state index in [2.05, 4.69) is 33.1 Å². The zero-order valence-electron chi connectivity index (χ0n) is 10.8. The van der Waals surface area contributed by atoms with Gasteiger partial charge in [0.05, 0.1) is 0 Å². The molecule has 18 heavy (non-hydrogen) atoms. The molecule has 0 unspecified atom stereocenters. The minimum Gasteiger partial charge on any atom is -0.311 e. The fraction of sp³-hybridized carbons (Fsp3) is 0.571. The van der Waals surface area contributed by atoms with Crippen LogP contribution < -0.4 is 5.32 Å². The van der Waals surface area contributed by atoms with Crippen LogP contribution in [0.2, 0.25) is 5.02 Å². The summed E-state index contributed by atoms with van der Waals surface area (Å²) in [7, 11) is 0. The van der Waals surface area contributed by atoms with E-state index in [9.17, 15) is 0 Å². The Morgan fingerprint density at radius 2 is 2.22 bits per heavy atom. The van der Waals surface area contributed by atoms with Gasteiger partial charge in [0.1, 0.15) is 0 Å². The van der Waals surface area contributed by atoms with Crippen molar-refractivity contribution >= 4 is 27.5 Å². The van der Waals surface area contributed by atoms with Crippen molar-refractivity contribution in [1.29, 1.82) is 0 Å². The zero-order chi connectivity index (χ0) is 13.0. The van der Waals surface area contributed by atoms with E-state index in [1.54, 1.807) is 0 Å². The molecular weight excluding hydrogens is 312 g/mol. The highest BCUT2D eigenvalue weighted by Crippen LogP contribution is 2.26. The molecule has 0 aliphatic heterocycles. The van der Waals surface area contributed by atoms with Gasteiger partial charge in [0, 0.05) is 35.2 Å². The quantitative estimate of drug-likeness (QED) is 0.767. The molecule has 0 bridgehead atoms. The molecule has 0 amide bonds. The summed E-state index contributed by atoms with van der Waals surface area (Å²) < 4.78 is 1.12. The topological polar surface area (TPSA) is 15.3 Å². The first-order chi connectivity index (χ1) is 8.70. The molecule has 1 aliphatic carbocycles. The van der Waals surface area contributed by atoms with Gasteiger partial charge in [-0.05, 0) is 43.1 Å². The maximum absolute atomic E-state index is 6.00. The molecule has 0 radical (unpaired) electrons. The molecule has 1 N–H and O–H groups in total. The highest BCUT2D eigenvalue weighted by molar-refractivity contribution is 9.10. The zero-order valence-corrected chi connectivity index (χ0v) is 13.1. The molecule has 1 saturated carbocycles. The second-order valence-corrected chi connectivity index (χ2v) is 6.06. The summed E-state index contributed by atoms with van der Waals surface area (Å²) in [5, 5.41) is 4.28. The third-order valence-electron chi connectivity index (χ3n) is 3.37. The molecule has 0 aromatic heterocycles. The van der Waals surface area contributed by atoms with Crippen LogP contribution in [-0.2, 0) is 6.54 Å². The second kappa shape index (κ2) is 6.90. The second-order valence-electron chi connectivity index (χ2n) is 4.77. The number of benzene rings is 1. The Bertz CT molecular complexity index is 393. The Morgan fingerprint density at radius 3 is 2.89 bits per heavy atom. The van der Waals surface area contributed by atoms with E-state index in [1.165, 1.54) is 18.4 Å². The van der Waals surface area contributed by atoms with E-state index in [-0.39, 0.29) is 0 Å². The van der Waals surface area contributed by atoms with E-state index in [0.717, 1.165) is 41.7 Å². The van der Waals surface area contributed by atoms with Crippen LogP contribution in [0.15, 0.2) is 22.7 Å². The van der Waals surface area contributed by atoms with Gasteiger partial charge < -0.3 is 5.32 Å². The molecule has 1 aromatic rings. The van der Waals surface area contributed by atoms with Crippen LogP contribution in [0.1, 0.15) is 25.3 Å². The largest absolute Gasteiger partial charge is 0.311 e. The molecule has 0 spiro atoms. The van der Waals surface area contributed by atoms with E-state index < -0.39 is 0 Å². The van der Waals surface area contributed by atoms with E-state index in [1.807, 2.05) is 18.2 Å². The summed E-state index contributed by atoms with van der Waals surface area (Å²) in [6, 6.07) is 6.77. The van der Waals surface area contributed by atoms with E-state index in [4.69, 9.17) is 11.6 Å². The Hall–Kier alpha value is -0.0900. The van der Waals surface area contributed by atoms with Gasteiger partial charge in [-0.2, -0.15) is 0 Å². The third kappa shape index (κ3) is 4.23. The van der Waals surface area contributed by atoms with Crippen LogP contribution >= 0.6 is 27.5 Å². The predicted octanol–water partition coefficient (Wildman–Crippen LogP) is 3.68. The first kappa shape index (κ1) is 14.3. The number of nitrogens with zero attached hydrogens (tertiary/aromatic N) is 1. The van der Waals surface area contributed by atoms with Crippen LogP contribution in [-0.4, -0.2) is 30.6 Å². The normalized spacial score (nSPS) is 15.3. The van der Waals surface area contributed by atoms with Crippen LogP contribution in [0.25, 0.3) is 0 Å². The van der Waals surface area contributed by atoms with Gasteiger partial charge in [0.25, 0.3) is 0 Å². The number of rotatable bonds is 7. The molecule has 4 heteroatoms. The standard InChI is InChI=1S/C14H20BrClN2/c1-2-18(13-4-5-13)8-7-17-10-11-9-12(16)3-6-14(11)15/h3,6,9,13,17H,2,4-5,7-8,10H2,1H3. The van der Waals surface area contributed by atoms with Crippen molar-refractivity contribution in [2.24, 2.45) is 0 Å². The average Bonchev–Trinajstić information content (AvgIpc) is 3.18. The lowest BCUT2D eigenvalue weighted by Gasteiger charge is -2.19. The number of halogens is 2. The summed E-state index contributed by atoms with van der Waals surface area (Å²) in [5.41, 5.74) is 1.22. The number of likely N-dealkylation sites (N-methyl/N-ethyl adjacent to an activating group) is 1. The van der Waals surface area contributed by atoms with Gasteiger partial charge in [-0.3, -0.25) is 4.90 Å². The predicted molar refractivity (Wildman–Crippen MR) is 81.1 cm³/mol. The molecule has 1 aliphatic rings. The fourth-order valence-electron chi connectivity index (χ4n) is 2.16. The van der Waals surface area contributed by atoms with E-state index >= 15 is 0 Å². The molecule has 1 fully saturated rings. The summed E-state index contributed by atoms with van der Waals surface area (Å²) >= 11 is 9.54. The molecule has 0 atom stereocenters. The van der Waals surface area contributed by atoms with Crippen LogP contribution in [0.4, 0.5) is 0 Å². The third-order valence-corrected chi connectivity index (χ3v) is 4.38. The van der Waals surface area contributed by atoms with Gasteiger partial charge in [-0.15, -0.1) is 0 Å².